The van der Waals surface area contributed by atoms with Crippen molar-refractivity contribution in [2.45, 2.75) is 6.04 Å². The number of hydrogen-bond donors (Lipinski definition) is 2. The van der Waals surface area contributed by atoms with Gasteiger partial charge < -0.3 is 25.2 Å². The van der Waals surface area contributed by atoms with E-state index in [1.165, 1.54) is 29.2 Å². The summed E-state index contributed by atoms with van der Waals surface area (Å²) in [6.07, 6.45) is 0. The number of carboxylic acids is 1. The van der Waals surface area contributed by atoms with Gasteiger partial charge in [-0.25, -0.2) is 4.79 Å². The number of ether oxygens (including phenoxy) is 2. The SMILES string of the molecule is NC(=O)COc1ccc(C(=O)N2CCOCC2C(=O)O)cc1. The maximum absolute atomic E-state index is 12.4. The predicted octanol–water partition coefficient (Wildman–Crippen LogP) is -0.524. The van der Waals surface area contributed by atoms with E-state index in [0.29, 0.717) is 17.9 Å². The van der Waals surface area contributed by atoms with Crippen LogP contribution in [0.2, 0.25) is 0 Å². The van der Waals surface area contributed by atoms with Crippen LogP contribution in [0.3, 0.4) is 0 Å². The Kier molecular flexibility index (Phi) is 4.95. The normalized spacial score (nSPS) is 17.8. The van der Waals surface area contributed by atoms with Crippen LogP contribution in [0.15, 0.2) is 24.3 Å². The van der Waals surface area contributed by atoms with Gasteiger partial charge in [-0.05, 0) is 24.3 Å². The van der Waals surface area contributed by atoms with Crippen molar-refractivity contribution in [2.24, 2.45) is 5.73 Å². The smallest absolute Gasteiger partial charge is 0.328 e. The first-order chi connectivity index (χ1) is 10.5. The van der Waals surface area contributed by atoms with Crippen LogP contribution >= 0.6 is 0 Å². The monoisotopic (exact) mass is 308 g/mol. The highest BCUT2D eigenvalue weighted by atomic mass is 16.5. The fraction of sp³-hybridized carbons (Fsp3) is 0.357. The molecule has 0 aromatic heterocycles. The van der Waals surface area contributed by atoms with Crippen LogP contribution in [0.1, 0.15) is 10.4 Å². The molecular formula is C14H16N2O6. The number of morpholine rings is 1. The maximum atomic E-state index is 12.4. The quantitative estimate of drug-likeness (QED) is 0.755. The zero-order valence-electron chi connectivity index (χ0n) is 11.7. The van der Waals surface area contributed by atoms with Crippen LogP contribution in [0, 0.1) is 0 Å². The minimum Gasteiger partial charge on any atom is -0.484 e. The number of benzene rings is 1. The molecular weight excluding hydrogens is 292 g/mol. The van der Waals surface area contributed by atoms with Crippen LogP contribution in [-0.2, 0) is 14.3 Å². The van der Waals surface area contributed by atoms with Gasteiger partial charge in [-0.1, -0.05) is 0 Å². The molecule has 1 unspecified atom stereocenters. The summed E-state index contributed by atoms with van der Waals surface area (Å²) >= 11 is 0. The van der Waals surface area contributed by atoms with Gasteiger partial charge in [-0.3, -0.25) is 9.59 Å². The van der Waals surface area contributed by atoms with E-state index in [4.69, 9.17) is 20.3 Å². The van der Waals surface area contributed by atoms with Gasteiger partial charge in [0.25, 0.3) is 11.8 Å². The Hall–Kier alpha value is -2.61. The van der Waals surface area contributed by atoms with Crippen LogP contribution in [0.5, 0.6) is 5.75 Å². The molecule has 1 fully saturated rings. The molecule has 0 bridgehead atoms. The first-order valence-corrected chi connectivity index (χ1v) is 6.61. The highest BCUT2D eigenvalue weighted by Crippen LogP contribution is 2.16. The van der Waals surface area contributed by atoms with Crippen molar-refractivity contribution in [3.05, 3.63) is 29.8 Å². The summed E-state index contributed by atoms with van der Waals surface area (Å²) in [6.45, 7) is 0.240. The second kappa shape index (κ2) is 6.90. The lowest BCUT2D eigenvalue weighted by Crippen LogP contribution is -2.52. The van der Waals surface area contributed by atoms with Gasteiger partial charge in [0.05, 0.1) is 13.2 Å². The van der Waals surface area contributed by atoms with Crippen molar-refractivity contribution in [1.82, 2.24) is 4.90 Å². The summed E-state index contributed by atoms with van der Waals surface area (Å²) < 4.78 is 10.2. The molecule has 1 aliphatic rings. The van der Waals surface area contributed by atoms with Gasteiger partial charge in [0, 0.05) is 12.1 Å². The average molecular weight is 308 g/mol. The summed E-state index contributed by atoms with van der Waals surface area (Å²) in [5, 5.41) is 9.13. The van der Waals surface area contributed by atoms with Gasteiger partial charge in [0.1, 0.15) is 5.75 Å². The van der Waals surface area contributed by atoms with Gasteiger partial charge >= 0.3 is 5.97 Å². The van der Waals surface area contributed by atoms with E-state index in [1.807, 2.05) is 0 Å². The number of amides is 2. The lowest BCUT2D eigenvalue weighted by atomic mass is 10.1. The molecule has 1 heterocycles. The van der Waals surface area contributed by atoms with E-state index in [0.717, 1.165) is 0 Å². The fourth-order valence-corrected chi connectivity index (χ4v) is 2.07. The highest BCUT2D eigenvalue weighted by Gasteiger charge is 2.33. The Morgan fingerprint density at radius 2 is 2.00 bits per heavy atom. The van der Waals surface area contributed by atoms with Crippen molar-refractivity contribution >= 4 is 17.8 Å². The van der Waals surface area contributed by atoms with Gasteiger partial charge in [-0.15, -0.1) is 0 Å². The number of hydrogen-bond acceptors (Lipinski definition) is 5. The number of nitrogens with zero attached hydrogens (tertiary/aromatic N) is 1. The molecule has 0 spiro atoms. The minimum atomic E-state index is -1.10. The molecule has 8 nitrogen and oxygen atoms in total. The molecule has 1 aromatic carbocycles. The third-order valence-corrected chi connectivity index (χ3v) is 3.16. The average Bonchev–Trinajstić information content (AvgIpc) is 2.52. The Bertz CT molecular complexity index is 571. The van der Waals surface area contributed by atoms with Crippen LogP contribution in [-0.4, -0.2) is 60.2 Å². The molecule has 1 aliphatic heterocycles. The van der Waals surface area contributed by atoms with E-state index in [1.54, 1.807) is 0 Å². The number of nitrogens with two attached hydrogens (primary N) is 1. The Balaban J connectivity index is 2.08. The van der Waals surface area contributed by atoms with Crippen molar-refractivity contribution in [2.75, 3.05) is 26.4 Å². The molecule has 1 atom stereocenters. The van der Waals surface area contributed by atoms with E-state index in [2.05, 4.69) is 0 Å². The molecule has 22 heavy (non-hydrogen) atoms. The van der Waals surface area contributed by atoms with E-state index < -0.39 is 23.8 Å². The van der Waals surface area contributed by atoms with E-state index in [-0.39, 0.29) is 19.8 Å². The molecule has 2 rings (SSSR count). The first kappa shape index (κ1) is 15.8. The second-order valence-corrected chi connectivity index (χ2v) is 4.71. The zero-order valence-corrected chi connectivity index (χ0v) is 11.7. The van der Waals surface area contributed by atoms with Crippen molar-refractivity contribution < 1.29 is 29.0 Å². The van der Waals surface area contributed by atoms with Gasteiger partial charge in [-0.2, -0.15) is 0 Å². The van der Waals surface area contributed by atoms with Gasteiger partial charge in [0.2, 0.25) is 0 Å². The molecule has 0 radical (unpaired) electrons. The minimum absolute atomic E-state index is 0.0269. The molecule has 8 heteroatoms. The summed E-state index contributed by atoms with van der Waals surface area (Å²) in [5.74, 6) is -1.70. The second-order valence-electron chi connectivity index (χ2n) is 4.71. The fourth-order valence-electron chi connectivity index (χ4n) is 2.07. The van der Waals surface area contributed by atoms with Crippen molar-refractivity contribution in [1.29, 1.82) is 0 Å². The summed E-state index contributed by atoms with van der Waals surface area (Å²) in [7, 11) is 0. The lowest BCUT2D eigenvalue weighted by Gasteiger charge is -2.32. The van der Waals surface area contributed by atoms with Gasteiger partial charge in [0.15, 0.2) is 12.6 Å². The number of rotatable bonds is 5. The topological polar surface area (TPSA) is 119 Å². The molecule has 2 amide bonds. The number of carboxylic acid groups (broad SMARTS) is 1. The number of primary amides is 1. The zero-order chi connectivity index (χ0) is 16.1. The standard InChI is InChI=1S/C14H16N2O6/c15-12(17)8-22-10-3-1-9(2-4-10)13(18)16-5-6-21-7-11(16)14(19)20/h1-4,11H,5-8H2,(H2,15,17)(H,19,20). The third kappa shape index (κ3) is 3.73. The maximum Gasteiger partial charge on any atom is 0.328 e. The third-order valence-electron chi connectivity index (χ3n) is 3.16. The molecule has 1 aromatic rings. The number of aliphatic carboxylic acids is 1. The first-order valence-electron chi connectivity index (χ1n) is 6.61. The summed E-state index contributed by atoms with van der Waals surface area (Å²) in [5.41, 5.74) is 5.30. The highest BCUT2D eigenvalue weighted by molar-refractivity contribution is 5.96. The Morgan fingerprint density at radius 3 is 2.59 bits per heavy atom. The molecule has 0 saturated carbocycles. The van der Waals surface area contributed by atoms with Crippen LogP contribution in [0.25, 0.3) is 0 Å². The molecule has 3 N–H and O–H groups in total. The van der Waals surface area contributed by atoms with Crippen LogP contribution in [0.4, 0.5) is 0 Å². The number of carbonyl (C=O) groups excluding carboxylic acids is 2. The summed E-state index contributed by atoms with van der Waals surface area (Å²) in [4.78, 5) is 35.4. The van der Waals surface area contributed by atoms with Crippen LogP contribution < -0.4 is 10.5 Å². The summed E-state index contributed by atoms with van der Waals surface area (Å²) in [6, 6.07) is 5.06. The largest absolute Gasteiger partial charge is 0.484 e. The van der Waals surface area contributed by atoms with E-state index in [9.17, 15) is 14.4 Å². The molecule has 118 valence electrons. The predicted molar refractivity (Wildman–Crippen MR) is 74.4 cm³/mol. The van der Waals surface area contributed by atoms with E-state index >= 15 is 0 Å². The van der Waals surface area contributed by atoms with Crippen molar-refractivity contribution in [3.63, 3.8) is 0 Å². The number of carbonyl (C=O) groups is 3. The Morgan fingerprint density at radius 1 is 1.32 bits per heavy atom. The Labute approximate surface area is 126 Å². The van der Waals surface area contributed by atoms with Crippen molar-refractivity contribution in [3.8, 4) is 5.75 Å². The molecule has 0 aliphatic carbocycles. The molecule has 1 saturated heterocycles. The lowest BCUT2D eigenvalue weighted by molar-refractivity contribution is -0.147.